The van der Waals surface area contributed by atoms with Crippen molar-refractivity contribution in [3.8, 4) is 0 Å². The number of carboxylic acid groups (broad SMARTS) is 1. The van der Waals surface area contributed by atoms with Gasteiger partial charge >= 0.3 is 5.97 Å². The van der Waals surface area contributed by atoms with Crippen LogP contribution < -0.4 is 0 Å². The van der Waals surface area contributed by atoms with E-state index >= 15 is 0 Å². The highest BCUT2D eigenvalue weighted by molar-refractivity contribution is 5.66. The summed E-state index contributed by atoms with van der Waals surface area (Å²) in [5.41, 5.74) is 0. The molecule has 0 bridgehead atoms. The van der Waals surface area contributed by atoms with Crippen molar-refractivity contribution in [3.63, 3.8) is 0 Å². The molecule has 0 fully saturated rings. The molecule has 0 aromatic heterocycles. The summed E-state index contributed by atoms with van der Waals surface area (Å²) in [5, 5.41) is 17.4. The molecule has 0 aromatic rings. The van der Waals surface area contributed by atoms with Gasteiger partial charge in [0.2, 0.25) is 0 Å². The van der Waals surface area contributed by atoms with Crippen molar-refractivity contribution < 1.29 is 15.0 Å². The van der Waals surface area contributed by atoms with Gasteiger partial charge < -0.3 is 15.1 Å². The van der Waals surface area contributed by atoms with Gasteiger partial charge in [-0.3, -0.25) is 4.79 Å². The molecule has 0 aliphatic carbocycles. The number of hydrogen-bond donors (Lipinski definition) is 2. The van der Waals surface area contributed by atoms with Crippen LogP contribution in [0.3, 0.4) is 0 Å². The Balaban J connectivity index is 3.55. The standard InChI is InChI=1S/C12H25NO3/c1-2-3-4-5-6-8-13(10-11-14)9-7-12(15)16/h14H,2-11H2,1H3,(H,15,16). The van der Waals surface area contributed by atoms with E-state index in [2.05, 4.69) is 6.92 Å². The Bertz CT molecular complexity index is 174. The lowest BCUT2D eigenvalue weighted by atomic mass is 10.1. The zero-order chi connectivity index (χ0) is 12.2. The summed E-state index contributed by atoms with van der Waals surface area (Å²) in [6.45, 7) is 4.32. The van der Waals surface area contributed by atoms with Gasteiger partial charge in [-0.15, -0.1) is 0 Å². The normalized spacial score (nSPS) is 10.9. The number of aliphatic hydroxyl groups excluding tert-OH is 1. The number of aliphatic hydroxyl groups is 1. The number of nitrogens with zero attached hydrogens (tertiary/aromatic N) is 1. The van der Waals surface area contributed by atoms with Gasteiger partial charge in [0.25, 0.3) is 0 Å². The van der Waals surface area contributed by atoms with E-state index in [1.165, 1.54) is 25.7 Å². The lowest BCUT2D eigenvalue weighted by molar-refractivity contribution is -0.137. The van der Waals surface area contributed by atoms with Crippen molar-refractivity contribution in [2.45, 2.75) is 45.4 Å². The SMILES string of the molecule is CCCCCCCN(CCO)CCC(=O)O. The molecule has 0 saturated heterocycles. The first-order valence-electron chi connectivity index (χ1n) is 6.25. The summed E-state index contributed by atoms with van der Waals surface area (Å²) < 4.78 is 0. The summed E-state index contributed by atoms with van der Waals surface area (Å²) in [4.78, 5) is 12.5. The Labute approximate surface area is 98.3 Å². The molecule has 4 heteroatoms. The first-order valence-corrected chi connectivity index (χ1v) is 6.25. The van der Waals surface area contributed by atoms with Gasteiger partial charge in [0.05, 0.1) is 13.0 Å². The largest absolute Gasteiger partial charge is 0.481 e. The predicted molar refractivity (Wildman–Crippen MR) is 64.5 cm³/mol. The zero-order valence-corrected chi connectivity index (χ0v) is 10.3. The number of aliphatic carboxylic acids is 1. The molecule has 0 aromatic carbocycles. The molecule has 0 aliphatic rings. The summed E-state index contributed by atoms with van der Waals surface area (Å²) in [6, 6.07) is 0. The molecule has 0 atom stereocenters. The summed E-state index contributed by atoms with van der Waals surface area (Å²) >= 11 is 0. The molecule has 0 spiro atoms. The van der Waals surface area contributed by atoms with Crippen LogP contribution in [0, 0.1) is 0 Å². The van der Waals surface area contributed by atoms with Crippen molar-refractivity contribution in [2.75, 3.05) is 26.2 Å². The molecule has 0 heterocycles. The molecule has 16 heavy (non-hydrogen) atoms. The van der Waals surface area contributed by atoms with E-state index < -0.39 is 5.97 Å². The van der Waals surface area contributed by atoms with Crippen LogP contribution in [0.4, 0.5) is 0 Å². The fourth-order valence-corrected chi connectivity index (χ4v) is 1.67. The first-order chi connectivity index (χ1) is 7.70. The molecule has 0 aliphatic heterocycles. The van der Waals surface area contributed by atoms with Crippen LogP contribution in [0.25, 0.3) is 0 Å². The quantitative estimate of drug-likeness (QED) is 0.532. The van der Waals surface area contributed by atoms with Crippen molar-refractivity contribution in [1.29, 1.82) is 0 Å². The summed E-state index contributed by atoms with van der Waals surface area (Å²) in [5.74, 6) is -0.770. The third-order valence-corrected chi connectivity index (χ3v) is 2.64. The van der Waals surface area contributed by atoms with Gasteiger partial charge in [-0.2, -0.15) is 0 Å². The van der Waals surface area contributed by atoms with Crippen LogP contribution >= 0.6 is 0 Å². The molecule has 96 valence electrons. The van der Waals surface area contributed by atoms with Crippen LogP contribution in [0.15, 0.2) is 0 Å². The van der Waals surface area contributed by atoms with E-state index in [0.717, 1.165) is 13.0 Å². The number of hydrogen-bond acceptors (Lipinski definition) is 3. The molecule has 0 amide bonds. The van der Waals surface area contributed by atoms with E-state index in [1.807, 2.05) is 4.90 Å². The van der Waals surface area contributed by atoms with Gasteiger partial charge in [-0.1, -0.05) is 32.6 Å². The van der Waals surface area contributed by atoms with Crippen molar-refractivity contribution >= 4 is 5.97 Å². The zero-order valence-electron chi connectivity index (χ0n) is 10.3. The smallest absolute Gasteiger partial charge is 0.304 e. The summed E-state index contributed by atoms with van der Waals surface area (Å²) in [6.07, 6.45) is 6.22. The molecule has 0 saturated carbocycles. The molecule has 0 rings (SSSR count). The van der Waals surface area contributed by atoms with Crippen LogP contribution in [-0.4, -0.2) is 47.3 Å². The molecular weight excluding hydrogens is 206 g/mol. The second-order valence-corrected chi connectivity index (χ2v) is 4.12. The third-order valence-electron chi connectivity index (χ3n) is 2.64. The predicted octanol–water partition coefficient (Wildman–Crippen LogP) is 1.73. The Hall–Kier alpha value is -0.610. The molecule has 4 nitrogen and oxygen atoms in total. The van der Waals surface area contributed by atoms with Gasteiger partial charge in [0.15, 0.2) is 0 Å². The van der Waals surface area contributed by atoms with E-state index in [-0.39, 0.29) is 13.0 Å². The highest BCUT2D eigenvalue weighted by Gasteiger charge is 2.06. The maximum Gasteiger partial charge on any atom is 0.304 e. The van der Waals surface area contributed by atoms with Crippen molar-refractivity contribution in [3.05, 3.63) is 0 Å². The van der Waals surface area contributed by atoms with Crippen LogP contribution in [0.1, 0.15) is 45.4 Å². The topological polar surface area (TPSA) is 60.8 Å². The molecular formula is C12H25NO3. The average Bonchev–Trinajstić information content (AvgIpc) is 2.25. The van der Waals surface area contributed by atoms with Gasteiger partial charge in [-0.25, -0.2) is 0 Å². The molecule has 0 radical (unpaired) electrons. The number of rotatable bonds is 11. The van der Waals surface area contributed by atoms with Crippen LogP contribution in [0.2, 0.25) is 0 Å². The Morgan fingerprint density at radius 2 is 1.75 bits per heavy atom. The minimum absolute atomic E-state index is 0.106. The highest BCUT2D eigenvalue weighted by atomic mass is 16.4. The van der Waals surface area contributed by atoms with E-state index in [0.29, 0.717) is 13.1 Å². The molecule has 0 unspecified atom stereocenters. The van der Waals surface area contributed by atoms with E-state index in [9.17, 15) is 4.79 Å². The Morgan fingerprint density at radius 3 is 2.31 bits per heavy atom. The number of unbranched alkanes of at least 4 members (excludes halogenated alkanes) is 4. The highest BCUT2D eigenvalue weighted by Crippen LogP contribution is 2.04. The van der Waals surface area contributed by atoms with Gasteiger partial charge in [0, 0.05) is 13.1 Å². The lowest BCUT2D eigenvalue weighted by Gasteiger charge is -2.20. The van der Waals surface area contributed by atoms with Crippen LogP contribution in [0.5, 0.6) is 0 Å². The van der Waals surface area contributed by atoms with Gasteiger partial charge in [-0.05, 0) is 13.0 Å². The Kier molecular flexibility index (Phi) is 10.5. The maximum absolute atomic E-state index is 10.4. The van der Waals surface area contributed by atoms with E-state index in [4.69, 9.17) is 10.2 Å². The number of carbonyl (C=O) groups is 1. The molecule has 2 N–H and O–H groups in total. The lowest BCUT2D eigenvalue weighted by Crippen LogP contribution is -2.30. The van der Waals surface area contributed by atoms with Crippen LogP contribution in [-0.2, 0) is 4.79 Å². The van der Waals surface area contributed by atoms with E-state index in [1.54, 1.807) is 0 Å². The fraction of sp³-hybridized carbons (Fsp3) is 0.917. The minimum atomic E-state index is -0.770. The fourth-order valence-electron chi connectivity index (χ4n) is 1.67. The summed E-state index contributed by atoms with van der Waals surface area (Å²) in [7, 11) is 0. The second-order valence-electron chi connectivity index (χ2n) is 4.12. The first kappa shape index (κ1) is 15.4. The number of carboxylic acids is 1. The van der Waals surface area contributed by atoms with Gasteiger partial charge in [0.1, 0.15) is 0 Å². The average molecular weight is 231 g/mol. The third kappa shape index (κ3) is 9.93. The minimum Gasteiger partial charge on any atom is -0.481 e. The van der Waals surface area contributed by atoms with Crippen molar-refractivity contribution in [1.82, 2.24) is 4.90 Å². The monoisotopic (exact) mass is 231 g/mol. The maximum atomic E-state index is 10.4. The van der Waals surface area contributed by atoms with Crippen molar-refractivity contribution in [2.24, 2.45) is 0 Å². The second kappa shape index (κ2) is 10.9. The Morgan fingerprint density at radius 1 is 1.06 bits per heavy atom.